The van der Waals surface area contributed by atoms with Crippen LogP contribution in [0.3, 0.4) is 0 Å². The molecular weight excluding hydrogens is 294 g/mol. The summed E-state index contributed by atoms with van der Waals surface area (Å²) in [5.41, 5.74) is 1.11. The van der Waals surface area contributed by atoms with E-state index in [9.17, 15) is 4.91 Å². The maximum Gasteiger partial charge on any atom is 0.194 e. The molecule has 0 N–H and O–H groups in total. The summed E-state index contributed by atoms with van der Waals surface area (Å²) < 4.78 is 11.9. The molecule has 0 amide bonds. The Hall–Kier alpha value is -1.50. The van der Waals surface area contributed by atoms with Crippen LogP contribution in [0.4, 0.5) is 0 Å². The first-order valence-electron chi connectivity index (χ1n) is 8.46. The number of hydrogen-bond donors (Lipinski definition) is 0. The second-order valence-corrected chi connectivity index (χ2v) is 6.15. The summed E-state index contributed by atoms with van der Waals surface area (Å²) in [4.78, 5) is 12.9. The van der Waals surface area contributed by atoms with Crippen LogP contribution in [-0.2, 0) is 15.3 Å². The monoisotopic (exact) mass is 319 g/mol. The molecule has 0 aliphatic carbocycles. The first kappa shape index (κ1) is 16.4. The molecule has 2 aliphatic rings. The van der Waals surface area contributed by atoms with Crippen molar-refractivity contribution in [3.8, 4) is 0 Å². The molecule has 0 atom stereocenters. The first-order valence-corrected chi connectivity index (χ1v) is 8.46. The second kappa shape index (κ2) is 7.86. The van der Waals surface area contributed by atoms with Crippen LogP contribution >= 0.6 is 0 Å². The van der Waals surface area contributed by atoms with Crippen molar-refractivity contribution in [1.82, 2.24) is 9.91 Å². The Morgan fingerprint density at radius 1 is 1.00 bits per heavy atom. The molecule has 23 heavy (non-hydrogen) atoms. The van der Waals surface area contributed by atoms with E-state index in [1.54, 1.807) is 5.01 Å². The second-order valence-electron chi connectivity index (χ2n) is 6.15. The van der Waals surface area contributed by atoms with E-state index in [1.807, 2.05) is 18.2 Å². The maximum atomic E-state index is 10.5. The minimum atomic E-state index is -0.554. The van der Waals surface area contributed by atoms with Gasteiger partial charge in [-0.25, -0.2) is 0 Å². The van der Waals surface area contributed by atoms with Gasteiger partial charge in [0.05, 0.1) is 31.6 Å². The Morgan fingerprint density at radius 3 is 2.35 bits per heavy atom. The van der Waals surface area contributed by atoms with Gasteiger partial charge in [-0.3, -0.25) is 9.91 Å². The largest absolute Gasteiger partial charge is 0.343 e. The van der Waals surface area contributed by atoms with Crippen molar-refractivity contribution in [2.75, 3.05) is 45.9 Å². The van der Waals surface area contributed by atoms with Gasteiger partial charge in [-0.15, -0.1) is 4.91 Å². The summed E-state index contributed by atoms with van der Waals surface area (Å²) in [6.07, 6.45) is 3.05. The van der Waals surface area contributed by atoms with E-state index in [-0.39, 0.29) is 0 Å². The zero-order valence-corrected chi connectivity index (χ0v) is 13.5. The minimum Gasteiger partial charge on any atom is -0.343 e. The lowest BCUT2D eigenvalue weighted by Gasteiger charge is -2.32. The van der Waals surface area contributed by atoms with Crippen molar-refractivity contribution in [3.05, 3.63) is 40.8 Å². The number of ether oxygens (including phenoxy) is 2. The molecule has 2 saturated heterocycles. The van der Waals surface area contributed by atoms with Crippen LogP contribution < -0.4 is 0 Å². The predicted octanol–water partition coefficient (Wildman–Crippen LogP) is 2.36. The average molecular weight is 319 g/mol. The first-order chi connectivity index (χ1) is 11.3. The van der Waals surface area contributed by atoms with Gasteiger partial charge >= 0.3 is 0 Å². The van der Waals surface area contributed by atoms with Gasteiger partial charge in [-0.1, -0.05) is 30.3 Å². The van der Waals surface area contributed by atoms with Crippen LogP contribution in [0.1, 0.15) is 24.8 Å². The zero-order chi connectivity index (χ0) is 16.0. The summed E-state index contributed by atoms with van der Waals surface area (Å²) in [7, 11) is 0. The number of unbranched alkanes of at least 4 members (excludes halogenated alkanes) is 1. The molecule has 0 spiro atoms. The Balaban J connectivity index is 1.45. The van der Waals surface area contributed by atoms with E-state index < -0.39 is 5.79 Å². The van der Waals surface area contributed by atoms with Crippen LogP contribution in [0.15, 0.2) is 35.6 Å². The van der Waals surface area contributed by atoms with Crippen LogP contribution in [0.2, 0.25) is 0 Å². The highest BCUT2D eigenvalue weighted by atomic mass is 16.7. The van der Waals surface area contributed by atoms with Gasteiger partial charge in [0.2, 0.25) is 0 Å². The van der Waals surface area contributed by atoms with Crippen LogP contribution in [0.25, 0.3) is 0 Å². The molecule has 0 radical (unpaired) electrons. The SMILES string of the molecule is O=NN1CCN(CCCCC2(c3ccccc3)OCCO2)CC1. The molecule has 1 aromatic carbocycles. The highest BCUT2D eigenvalue weighted by molar-refractivity contribution is 5.20. The van der Waals surface area contributed by atoms with Crippen molar-refractivity contribution in [1.29, 1.82) is 0 Å². The molecule has 0 saturated carbocycles. The quantitative estimate of drug-likeness (QED) is 0.570. The number of rotatable bonds is 7. The highest BCUT2D eigenvalue weighted by Gasteiger charge is 2.37. The van der Waals surface area contributed by atoms with E-state index in [4.69, 9.17) is 9.47 Å². The van der Waals surface area contributed by atoms with Crippen LogP contribution in [-0.4, -0.2) is 55.8 Å². The Bertz CT molecular complexity index is 483. The zero-order valence-electron chi connectivity index (χ0n) is 13.5. The molecule has 2 fully saturated rings. The Morgan fingerprint density at radius 2 is 1.70 bits per heavy atom. The van der Waals surface area contributed by atoms with E-state index in [0.29, 0.717) is 13.2 Å². The summed E-state index contributed by atoms with van der Waals surface area (Å²) in [6.45, 7) is 5.70. The minimum absolute atomic E-state index is 0.554. The summed E-state index contributed by atoms with van der Waals surface area (Å²) in [5, 5.41) is 4.60. The maximum absolute atomic E-state index is 10.5. The molecule has 0 aromatic heterocycles. The molecule has 0 unspecified atom stereocenters. The van der Waals surface area contributed by atoms with Gasteiger partial charge in [0.15, 0.2) is 5.79 Å². The third kappa shape index (κ3) is 4.07. The molecule has 6 heteroatoms. The third-order valence-electron chi connectivity index (χ3n) is 4.66. The number of piperazine rings is 1. The van der Waals surface area contributed by atoms with Crippen molar-refractivity contribution >= 4 is 0 Å². The fraction of sp³-hybridized carbons (Fsp3) is 0.647. The van der Waals surface area contributed by atoms with E-state index in [2.05, 4.69) is 22.3 Å². The lowest BCUT2D eigenvalue weighted by atomic mass is 9.99. The molecular formula is C17H25N3O3. The smallest absolute Gasteiger partial charge is 0.194 e. The fourth-order valence-electron chi connectivity index (χ4n) is 3.34. The molecule has 0 bridgehead atoms. The van der Waals surface area contributed by atoms with Gasteiger partial charge in [0.25, 0.3) is 0 Å². The van der Waals surface area contributed by atoms with Crippen molar-refractivity contribution in [2.45, 2.75) is 25.0 Å². The van der Waals surface area contributed by atoms with E-state index in [0.717, 1.165) is 57.5 Å². The highest BCUT2D eigenvalue weighted by Crippen LogP contribution is 2.36. The third-order valence-corrected chi connectivity index (χ3v) is 4.66. The lowest BCUT2D eigenvalue weighted by molar-refractivity contribution is -0.171. The summed E-state index contributed by atoms with van der Waals surface area (Å²) >= 11 is 0. The van der Waals surface area contributed by atoms with Gasteiger partial charge in [0, 0.05) is 25.1 Å². The standard InChI is InChI=1S/C17H25N3O3/c21-18-20-12-10-19(11-13-20)9-5-4-8-17(22-14-15-23-17)16-6-2-1-3-7-16/h1-3,6-7H,4-5,8-15H2. The Kier molecular flexibility index (Phi) is 5.59. The summed E-state index contributed by atoms with van der Waals surface area (Å²) in [5.74, 6) is -0.554. The van der Waals surface area contributed by atoms with Crippen molar-refractivity contribution in [2.24, 2.45) is 5.29 Å². The number of hydrogen-bond acceptors (Lipinski definition) is 5. The van der Waals surface area contributed by atoms with E-state index >= 15 is 0 Å². The van der Waals surface area contributed by atoms with Gasteiger partial charge in [-0.05, 0) is 19.4 Å². The number of nitrogens with zero attached hydrogens (tertiary/aromatic N) is 3. The summed E-state index contributed by atoms with van der Waals surface area (Å²) in [6, 6.07) is 10.2. The van der Waals surface area contributed by atoms with Crippen molar-refractivity contribution in [3.63, 3.8) is 0 Å². The molecule has 6 nitrogen and oxygen atoms in total. The predicted molar refractivity (Wildman–Crippen MR) is 87.7 cm³/mol. The molecule has 126 valence electrons. The molecule has 3 rings (SSSR count). The normalized spacial score (nSPS) is 21.5. The molecule has 2 heterocycles. The average Bonchev–Trinajstić information content (AvgIpc) is 3.10. The van der Waals surface area contributed by atoms with Gasteiger partial charge in [0.1, 0.15) is 0 Å². The van der Waals surface area contributed by atoms with Gasteiger partial charge in [-0.2, -0.15) is 0 Å². The van der Waals surface area contributed by atoms with E-state index in [1.165, 1.54) is 0 Å². The number of benzene rings is 1. The van der Waals surface area contributed by atoms with Crippen LogP contribution in [0.5, 0.6) is 0 Å². The topological polar surface area (TPSA) is 54.4 Å². The van der Waals surface area contributed by atoms with Crippen LogP contribution in [0, 0.1) is 4.91 Å². The lowest BCUT2D eigenvalue weighted by Crippen LogP contribution is -2.44. The van der Waals surface area contributed by atoms with Crippen molar-refractivity contribution < 1.29 is 9.47 Å². The Labute approximate surface area is 137 Å². The molecule has 2 aliphatic heterocycles. The molecule has 1 aromatic rings. The van der Waals surface area contributed by atoms with Gasteiger partial charge < -0.3 is 9.47 Å². The number of nitroso groups, excluding NO2 is 1. The fourth-order valence-corrected chi connectivity index (χ4v) is 3.34.